The van der Waals surface area contributed by atoms with Crippen molar-refractivity contribution in [2.75, 3.05) is 6.61 Å². The van der Waals surface area contributed by atoms with E-state index >= 15 is 0 Å². The highest BCUT2D eigenvalue weighted by Gasteiger charge is 2.04. The van der Waals surface area contributed by atoms with Crippen LogP contribution in [0.2, 0.25) is 10.0 Å². The number of carbonyl (C=O) groups excluding carboxylic acids is 1. The van der Waals surface area contributed by atoms with Crippen LogP contribution in [0.1, 0.15) is 18.4 Å². The molecule has 116 valence electrons. The molecule has 7 heteroatoms. The monoisotopic (exact) mass is 356 g/mol. The first-order valence-electron chi connectivity index (χ1n) is 6.57. The number of halogens is 2. The van der Waals surface area contributed by atoms with Crippen LogP contribution < -0.4 is 10.2 Å². The molecule has 22 heavy (non-hydrogen) atoms. The first-order chi connectivity index (χ1) is 10.6. The lowest BCUT2D eigenvalue weighted by molar-refractivity contribution is -0.121. The SMILES string of the molecule is O=C(CCCOc1ccc(Cl)cc1Cl)NN=Cc1ccsc1. The van der Waals surface area contributed by atoms with Gasteiger partial charge in [-0.2, -0.15) is 16.4 Å². The number of rotatable bonds is 7. The normalized spacial score (nSPS) is 10.8. The van der Waals surface area contributed by atoms with E-state index in [1.807, 2.05) is 16.8 Å². The molecule has 0 bridgehead atoms. The average Bonchev–Trinajstić information content (AvgIpc) is 2.99. The Balaban J connectivity index is 1.64. The summed E-state index contributed by atoms with van der Waals surface area (Å²) in [6.45, 7) is 0.392. The third-order valence-electron chi connectivity index (χ3n) is 2.65. The van der Waals surface area contributed by atoms with Gasteiger partial charge in [-0.1, -0.05) is 23.2 Å². The standard InChI is InChI=1S/C15H14Cl2N2O2S/c16-12-3-4-14(13(17)8-12)21-6-1-2-15(20)19-18-9-11-5-7-22-10-11/h3-5,7-10H,1-2,6H2,(H,19,20). The molecule has 0 aliphatic rings. The Labute approximate surface area is 142 Å². The molecule has 2 rings (SSSR count). The number of amides is 1. The molecule has 0 unspecified atom stereocenters. The van der Waals surface area contributed by atoms with Gasteiger partial charge in [-0.15, -0.1) is 0 Å². The predicted molar refractivity (Wildman–Crippen MR) is 91.2 cm³/mol. The zero-order chi connectivity index (χ0) is 15.8. The van der Waals surface area contributed by atoms with E-state index in [0.29, 0.717) is 35.2 Å². The zero-order valence-electron chi connectivity index (χ0n) is 11.6. The van der Waals surface area contributed by atoms with Gasteiger partial charge in [-0.3, -0.25) is 4.79 Å². The molecule has 2 aromatic rings. The van der Waals surface area contributed by atoms with Crippen LogP contribution in [0.15, 0.2) is 40.1 Å². The minimum absolute atomic E-state index is 0.155. The second-order valence-electron chi connectivity index (χ2n) is 4.38. The van der Waals surface area contributed by atoms with Crippen molar-refractivity contribution >= 4 is 46.7 Å². The van der Waals surface area contributed by atoms with E-state index in [2.05, 4.69) is 10.5 Å². The highest BCUT2D eigenvalue weighted by molar-refractivity contribution is 7.08. The summed E-state index contributed by atoms with van der Waals surface area (Å²) in [5, 5.41) is 8.78. The number of hydrazone groups is 1. The molecule has 1 aromatic carbocycles. The number of benzene rings is 1. The Morgan fingerprint density at radius 2 is 2.23 bits per heavy atom. The van der Waals surface area contributed by atoms with Crippen molar-refractivity contribution < 1.29 is 9.53 Å². The minimum Gasteiger partial charge on any atom is -0.492 e. The first-order valence-corrected chi connectivity index (χ1v) is 8.27. The highest BCUT2D eigenvalue weighted by Crippen LogP contribution is 2.27. The maximum absolute atomic E-state index is 11.6. The molecule has 0 fully saturated rings. The lowest BCUT2D eigenvalue weighted by Gasteiger charge is -2.07. The fraction of sp³-hybridized carbons (Fsp3) is 0.200. The van der Waals surface area contributed by atoms with Gasteiger partial charge >= 0.3 is 0 Å². The van der Waals surface area contributed by atoms with Crippen LogP contribution in [-0.2, 0) is 4.79 Å². The summed E-state index contributed by atoms with van der Waals surface area (Å²) in [4.78, 5) is 11.6. The predicted octanol–water partition coefficient (Wildman–Crippen LogP) is 4.36. The third kappa shape index (κ3) is 5.67. The number of nitrogens with one attached hydrogen (secondary N) is 1. The Morgan fingerprint density at radius 1 is 1.36 bits per heavy atom. The van der Waals surface area contributed by atoms with Crippen molar-refractivity contribution in [3.05, 3.63) is 50.6 Å². The number of ether oxygens (including phenoxy) is 1. The van der Waals surface area contributed by atoms with Gasteiger partial charge in [0.05, 0.1) is 17.8 Å². The number of hydrogen-bond donors (Lipinski definition) is 1. The van der Waals surface area contributed by atoms with Crippen LogP contribution in [0.25, 0.3) is 0 Å². The minimum atomic E-state index is -0.155. The second-order valence-corrected chi connectivity index (χ2v) is 6.00. The van der Waals surface area contributed by atoms with Crippen LogP contribution in [0, 0.1) is 0 Å². The van der Waals surface area contributed by atoms with Gasteiger partial charge in [0.2, 0.25) is 5.91 Å². The molecule has 0 saturated heterocycles. The summed E-state index contributed by atoms with van der Waals surface area (Å²) in [6, 6.07) is 6.94. The summed E-state index contributed by atoms with van der Waals surface area (Å²) in [7, 11) is 0. The summed E-state index contributed by atoms with van der Waals surface area (Å²) >= 11 is 13.4. The summed E-state index contributed by atoms with van der Waals surface area (Å²) in [6.07, 6.45) is 2.50. The average molecular weight is 357 g/mol. The number of hydrogen-bond acceptors (Lipinski definition) is 4. The van der Waals surface area contributed by atoms with Crippen LogP contribution in [-0.4, -0.2) is 18.7 Å². The molecular weight excluding hydrogens is 343 g/mol. The van der Waals surface area contributed by atoms with E-state index in [4.69, 9.17) is 27.9 Å². The first kappa shape index (κ1) is 16.8. The molecular formula is C15H14Cl2N2O2S. The fourth-order valence-electron chi connectivity index (χ4n) is 1.59. The Kier molecular flexibility index (Phi) is 6.71. The van der Waals surface area contributed by atoms with Crippen molar-refractivity contribution in [3.8, 4) is 5.75 Å². The molecule has 0 atom stereocenters. The van der Waals surface area contributed by atoms with Crippen molar-refractivity contribution in [3.63, 3.8) is 0 Å². The quantitative estimate of drug-likeness (QED) is 0.455. The lowest BCUT2D eigenvalue weighted by Crippen LogP contribution is -2.18. The summed E-state index contributed by atoms with van der Waals surface area (Å²) < 4.78 is 5.50. The van der Waals surface area contributed by atoms with E-state index in [1.165, 1.54) is 0 Å². The van der Waals surface area contributed by atoms with Crippen LogP contribution in [0.4, 0.5) is 0 Å². The van der Waals surface area contributed by atoms with Crippen LogP contribution in [0.3, 0.4) is 0 Å². The third-order valence-corrected chi connectivity index (χ3v) is 3.88. The molecule has 4 nitrogen and oxygen atoms in total. The fourth-order valence-corrected chi connectivity index (χ4v) is 2.66. The molecule has 1 amide bonds. The van der Waals surface area contributed by atoms with Crippen LogP contribution in [0.5, 0.6) is 5.75 Å². The molecule has 1 N–H and O–H groups in total. The van der Waals surface area contributed by atoms with Crippen molar-refractivity contribution in [2.45, 2.75) is 12.8 Å². The van der Waals surface area contributed by atoms with Gasteiger partial charge in [0.15, 0.2) is 0 Å². The van der Waals surface area contributed by atoms with Crippen LogP contribution >= 0.6 is 34.5 Å². The van der Waals surface area contributed by atoms with E-state index in [1.54, 1.807) is 35.8 Å². The maximum Gasteiger partial charge on any atom is 0.240 e. The van der Waals surface area contributed by atoms with Crippen molar-refractivity contribution in [1.29, 1.82) is 0 Å². The Bertz CT molecular complexity index is 645. The molecule has 0 radical (unpaired) electrons. The Hall–Kier alpha value is -1.56. The molecule has 1 heterocycles. The number of nitrogens with zero attached hydrogens (tertiary/aromatic N) is 1. The maximum atomic E-state index is 11.6. The largest absolute Gasteiger partial charge is 0.492 e. The lowest BCUT2D eigenvalue weighted by atomic mass is 10.3. The summed E-state index contributed by atoms with van der Waals surface area (Å²) in [5.74, 6) is 0.402. The molecule has 0 aliphatic heterocycles. The number of carbonyl (C=O) groups is 1. The second kappa shape index (κ2) is 8.78. The molecule has 0 spiro atoms. The smallest absolute Gasteiger partial charge is 0.240 e. The molecule has 0 aliphatic carbocycles. The summed E-state index contributed by atoms with van der Waals surface area (Å²) in [5.41, 5.74) is 3.44. The van der Waals surface area contributed by atoms with E-state index in [0.717, 1.165) is 5.56 Å². The van der Waals surface area contributed by atoms with Gasteiger partial charge in [-0.25, -0.2) is 5.43 Å². The molecule has 0 saturated carbocycles. The van der Waals surface area contributed by atoms with Crippen molar-refractivity contribution in [1.82, 2.24) is 5.43 Å². The van der Waals surface area contributed by atoms with Gasteiger partial charge in [0, 0.05) is 17.0 Å². The van der Waals surface area contributed by atoms with Gasteiger partial charge in [0.1, 0.15) is 5.75 Å². The van der Waals surface area contributed by atoms with Gasteiger partial charge < -0.3 is 4.74 Å². The van der Waals surface area contributed by atoms with Gasteiger partial charge in [-0.05, 0) is 41.4 Å². The zero-order valence-corrected chi connectivity index (χ0v) is 13.9. The Morgan fingerprint density at radius 3 is 2.95 bits per heavy atom. The van der Waals surface area contributed by atoms with E-state index in [9.17, 15) is 4.79 Å². The number of thiophene rings is 1. The van der Waals surface area contributed by atoms with Crippen molar-refractivity contribution in [2.24, 2.45) is 5.10 Å². The highest BCUT2D eigenvalue weighted by atomic mass is 35.5. The van der Waals surface area contributed by atoms with E-state index < -0.39 is 0 Å². The van der Waals surface area contributed by atoms with Gasteiger partial charge in [0.25, 0.3) is 0 Å². The molecule has 1 aromatic heterocycles. The topological polar surface area (TPSA) is 50.7 Å². The van der Waals surface area contributed by atoms with E-state index in [-0.39, 0.29) is 5.91 Å².